The van der Waals surface area contributed by atoms with E-state index in [1.807, 2.05) is 20.8 Å². The number of thiophene rings is 1. The van der Waals surface area contributed by atoms with Crippen LogP contribution in [0.4, 0.5) is 5.00 Å². The molecular formula is C13H13BrN4OS. The second kappa shape index (κ2) is 5.77. The highest BCUT2D eigenvalue weighted by Crippen LogP contribution is 2.32. The van der Waals surface area contributed by atoms with E-state index in [0.29, 0.717) is 27.3 Å². The van der Waals surface area contributed by atoms with Crippen LogP contribution in [0.15, 0.2) is 10.7 Å². The molecule has 2 aromatic rings. The number of nitriles is 1. The van der Waals surface area contributed by atoms with Gasteiger partial charge < -0.3 is 5.32 Å². The van der Waals surface area contributed by atoms with E-state index < -0.39 is 0 Å². The minimum Gasteiger partial charge on any atom is -0.311 e. The summed E-state index contributed by atoms with van der Waals surface area (Å²) in [5.41, 5.74) is 1.90. The van der Waals surface area contributed by atoms with E-state index in [1.54, 1.807) is 10.9 Å². The zero-order valence-electron chi connectivity index (χ0n) is 11.3. The third kappa shape index (κ3) is 2.49. The van der Waals surface area contributed by atoms with Gasteiger partial charge in [0, 0.05) is 11.4 Å². The monoisotopic (exact) mass is 352 g/mol. The van der Waals surface area contributed by atoms with Crippen molar-refractivity contribution in [1.29, 1.82) is 5.26 Å². The molecule has 104 valence electrons. The second-order valence-electron chi connectivity index (χ2n) is 4.21. The number of anilines is 1. The van der Waals surface area contributed by atoms with Crippen molar-refractivity contribution in [3.05, 3.63) is 32.4 Å². The molecule has 20 heavy (non-hydrogen) atoms. The average molecular weight is 353 g/mol. The third-order valence-corrected chi connectivity index (χ3v) is 4.74. The van der Waals surface area contributed by atoms with Crippen LogP contribution in [-0.4, -0.2) is 15.7 Å². The first-order valence-electron chi connectivity index (χ1n) is 6.02. The number of carbonyl (C=O) groups is 1. The maximum absolute atomic E-state index is 12.4. The molecule has 0 aliphatic heterocycles. The molecule has 0 fully saturated rings. The summed E-state index contributed by atoms with van der Waals surface area (Å²) in [6, 6.07) is 2.14. The fourth-order valence-electron chi connectivity index (χ4n) is 1.84. The number of amides is 1. The first-order chi connectivity index (χ1) is 9.49. The molecule has 1 N–H and O–H groups in total. The third-order valence-electron chi connectivity index (χ3n) is 3.03. The zero-order chi connectivity index (χ0) is 14.9. The van der Waals surface area contributed by atoms with Gasteiger partial charge in [0.05, 0.1) is 16.2 Å². The van der Waals surface area contributed by atoms with Gasteiger partial charge in [-0.25, -0.2) is 0 Å². The summed E-state index contributed by atoms with van der Waals surface area (Å²) in [4.78, 5) is 13.4. The van der Waals surface area contributed by atoms with Crippen molar-refractivity contribution in [2.45, 2.75) is 27.3 Å². The number of aromatic nitrogens is 2. The SMILES string of the molecule is CCn1ncc(Br)c1C(=O)Nc1sc(C)c(C)c1C#N. The highest BCUT2D eigenvalue weighted by atomic mass is 79.9. The Morgan fingerprint density at radius 1 is 1.60 bits per heavy atom. The number of rotatable bonds is 3. The maximum Gasteiger partial charge on any atom is 0.275 e. The summed E-state index contributed by atoms with van der Waals surface area (Å²) in [7, 11) is 0. The number of halogens is 1. The normalized spacial score (nSPS) is 10.3. The minimum absolute atomic E-state index is 0.269. The Kier molecular flexibility index (Phi) is 4.26. The lowest BCUT2D eigenvalue weighted by molar-refractivity contribution is 0.101. The molecule has 0 saturated carbocycles. The highest BCUT2D eigenvalue weighted by molar-refractivity contribution is 9.10. The molecule has 2 rings (SSSR count). The van der Waals surface area contributed by atoms with Crippen LogP contribution in [0.1, 0.15) is 33.4 Å². The van der Waals surface area contributed by atoms with Crippen LogP contribution in [0.25, 0.3) is 0 Å². The largest absolute Gasteiger partial charge is 0.311 e. The predicted octanol–water partition coefficient (Wildman–Crippen LogP) is 3.47. The van der Waals surface area contributed by atoms with Gasteiger partial charge in [-0.1, -0.05) is 0 Å². The Bertz CT molecular complexity index is 711. The van der Waals surface area contributed by atoms with E-state index in [2.05, 4.69) is 32.4 Å². The molecule has 0 aliphatic rings. The van der Waals surface area contributed by atoms with E-state index in [4.69, 9.17) is 0 Å². The topological polar surface area (TPSA) is 70.7 Å². The molecule has 0 radical (unpaired) electrons. The van der Waals surface area contributed by atoms with Crippen LogP contribution < -0.4 is 5.32 Å². The zero-order valence-corrected chi connectivity index (χ0v) is 13.7. The lowest BCUT2D eigenvalue weighted by Crippen LogP contribution is -2.17. The average Bonchev–Trinajstić information content (AvgIpc) is 2.91. The van der Waals surface area contributed by atoms with Crippen LogP contribution in [0, 0.1) is 25.2 Å². The molecule has 0 saturated heterocycles. The molecule has 0 aliphatic carbocycles. The summed E-state index contributed by atoms with van der Waals surface area (Å²) >= 11 is 4.73. The highest BCUT2D eigenvalue weighted by Gasteiger charge is 2.20. The molecule has 2 heterocycles. The Morgan fingerprint density at radius 2 is 2.30 bits per heavy atom. The van der Waals surface area contributed by atoms with Crippen molar-refractivity contribution < 1.29 is 4.79 Å². The Labute approximate surface area is 129 Å². The van der Waals surface area contributed by atoms with Gasteiger partial charge in [-0.3, -0.25) is 9.48 Å². The van der Waals surface area contributed by atoms with Gasteiger partial charge in [0.2, 0.25) is 0 Å². The fraction of sp³-hybridized carbons (Fsp3) is 0.308. The van der Waals surface area contributed by atoms with Gasteiger partial charge in [-0.15, -0.1) is 11.3 Å². The van der Waals surface area contributed by atoms with Gasteiger partial charge in [0.15, 0.2) is 0 Å². The van der Waals surface area contributed by atoms with Gasteiger partial charge in [0.1, 0.15) is 16.8 Å². The van der Waals surface area contributed by atoms with Crippen LogP contribution in [0.5, 0.6) is 0 Å². The minimum atomic E-state index is -0.269. The molecular weight excluding hydrogens is 340 g/mol. The standard InChI is InChI=1S/C13H13BrN4OS/c1-4-18-11(10(14)6-16-18)12(19)17-13-9(5-15)7(2)8(3)20-13/h6H,4H2,1-3H3,(H,17,19). The molecule has 2 aromatic heterocycles. The summed E-state index contributed by atoms with van der Waals surface area (Å²) < 4.78 is 2.25. The maximum atomic E-state index is 12.4. The van der Waals surface area contributed by atoms with Crippen molar-refractivity contribution in [1.82, 2.24) is 9.78 Å². The Hall–Kier alpha value is -1.65. The molecule has 0 atom stereocenters. The predicted molar refractivity (Wildman–Crippen MR) is 82.1 cm³/mol. The van der Waals surface area contributed by atoms with Gasteiger partial charge in [-0.05, 0) is 42.3 Å². The first-order valence-corrected chi connectivity index (χ1v) is 7.63. The molecule has 0 unspecified atom stereocenters. The molecule has 7 heteroatoms. The number of hydrogen-bond acceptors (Lipinski definition) is 4. The van der Waals surface area contributed by atoms with Gasteiger partial charge >= 0.3 is 0 Å². The second-order valence-corrected chi connectivity index (χ2v) is 6.29. The lowest BCUT2D eigenvalue weighted by atomic mass is 10.2. The molecule has 0 spiro atoms. The summed E-state index contributed by atoms with van der Waals surface area (Å²) in [6.07, 6.45) is 1.59. The first kappa shape index (κ1) is 14.8. The van der Waals surface area contributed by atoms with Crippen molar-refractivity contribution in [3.63, 3.8) is 0 Å². The number of carbonyl (C=O) groups excluding carboxylic acids is 1. The van der Waals surface area contributed by atoms with Crippen LogP contribution in [0.2, 0.25) is 0 Å². The van der Waals surface area contributed by atoms with E-state index >= 15 is 0 Å². The fourth-order valence-corrected chi connectivity index (χ4v) is 3.32. The molecule has 0 bridgehead atoms. The molecule has 5 nitrogen and oxygen atoms in total. The van der Waals surface area contributed by atoms with E-state index in [1.165, 1.54) is 11.3 Å². The van der Waals surface area contributed by atoms with Crippen LogP contribution in [0.3, 0.4) is 0 Å². The van der Waals surface area contributed by atoms with Gasteiger partial charge in [0.25, 0.3) is 5.91 Å². The van der Waals surface area contributed by atoms with Crippen LogP contribution in [-0.2, 0) is 6.54 Å². The van der Waals surface area contributed by atoms with E-state index in [0.717, 1.165) is 10.4 Å². The number of nitrogens with zero attached hydrogens (tertiary/aromatic N) is 3. The number of hydrogen-bond donors (Lipinski definition) is 1. The summed E-state index contributed by atoms with van der Waals surface area (Å²) in [5.74, 6) is -0.269. The van der Waals surface area contributed by atoms with Gasteiger partial charge in [-0.2, -0.15) is 10.4 Å². The molecule has 1 amide bonds. The van der Waals surface area contributed by atoms with Crippen molar-refractivity contribution in [2.24, 2.45) is 0 Å². The Balaban J connectivity index is 2.36. The summed E-state index contributed by atoms with van der Waals surface area (Å²) in [6.45, 7) is 6.33. The Morgan fingerprint density at radius 3 is 2.90 bits per heavy atom. The number of nitrogens with one attached hydrogen (secondary N) is 1. The smallest absolute Gasteiger partial charge is 0.275 e. The van der Waals surface area contributed by atoms with Crippen molar-refractivity contribution in [2.75, 3.05) is 5.32 Å². The summed E-state index contributed by atoms with van der Waals surface area (Å²) in [5, 5.41) is 16.7. The van der Waals surface area contributed by atoms with Crippen molar-refractivity contribution >= 4 is 38.2 Å². The van der Waals surface area contributed by atoms with Crippen molar-refractivity contribution in [3.8, 4) is 6.07 Å². The van der Waals surface area contributed by atoms with E-state index in [9.17, 15) is 10.1 Å². The van der Waals surface area contributed by atoms with E-state index in [-0.39, 0.29) is 5.91 Å². The number of aryl methyl sites for hydroxylation is 2. The quantitative estimate of drug-likeness (QED) is 0.919. The van der Waals surface area contributed by atoms with Crippen LogP contribution >= 0.6 is 27.3 Å². The molecule has 0 aromatic carbocycles. The lowest BCUT2D eigenvalue weighted by Gasteiger charge is -2.06.